The van der Waals surface area contributed by atoms with E-state index in [0.717, 1.165) is 17.7 Å². The molecule has 1 aromatic rings. The zero-order chi connectivity index (χ0) is 14.1. The Morgan fingerprint density at radius 2 is 1.84 bits per heavy atom. The fraction of sp³-hybridized carbons (Fsp3) is 0.571. The molecule has 0 atom stereocenters. The number of benzene rings is 1. The van der Waals surface area contributed by atoms with E-state index in [0.29, 0.717) is 19.7 Å². The van der Waals surface area contributed by atoms with E-state index >= 15 is 0 Å². The van der Waals surface area contributed by atoms with Gasteiger partial charge in [0.2, 0.25) is 0 Å². The van der Waals surface area contributed by atoms with Crippen molar-refractivity contribution in [3.63, 3.8) is 0 Å². The summed E-state index contributed by atoms with van der Waals surface area (Å²) < 4.78 is 41.2. The van der Waals surface area contributed by atoms with E-state index in [-0.39, 0.29) is 6.42 Å². The van der Waals surface area contributed by atoms with Gasteiger partial charge in [-0.1, -0.05) is 19.1 Å². The molecule has 0 fully saturated rings. The summed E-state index contributed by atoms with van der Waals surface area (Å²) in [6.45, 7) is 3.67. The predicted molar refractivity (Wildman–Crippen MR) is 69.2 cm³/mol. The van der Waals surface area contributed by atoms with Crippen molar-refractivity contribution in [3.05, 3.63) is 29.8 Å². The van der Waals surface area contributed by atoms with Crippen LogP contribution in [0.3, 0.4) is 0 Å². The third kappa shape index (κ3) is 7.72. The molecule has 2 nitrogen and oxygen atoms in total. The second-order valence-corrected chi connectivity index (χ2v) is 4.39. The molecule has 0 bridgehead atoms. The quantitative estimate of drug-likeness (QED) is 0.726. The van der Waals surface area contributed by atoms with Crippen LogP contribution < -0.4 is 10.1 Å². The highest BCUT2D eigenvalue weighted by atomic mass is 19.4. The molecule has 0 saturated carbocycles. The van der Waals surface area contributed by atoms with Crippen LogP contribution in [0.2, 0.25) is 0 Å². The van der Waals surface area contributed by atoms with Crippen molar-refractivity contribution in [2.75, 3.05) is 13.2 Å². The van der Waals surface area contributed by atoms with Crippen LogP contribution in [0.25, 0.3) is 0 Å². The van der Waals surface area contributed by atoms with Crippen LogP contribution in [-0.4, -0.2) is 19.3 Å². The van der Waals surface area contributed by atoms with E-state index in [1.54, 1.807) is 0 Å². The summed E-state index contributed by atoms with van der Waals surface area (Å²) in [7, 11) is 0. The molecule has 0 heterocycles. The van der Waals surface area contributed by atoms with Gasteiger partial charge in [-0.3, -0.25) is 0 Å². The predicted octanol–water partition coefficient (Wildman–Crippen LogP) is 3.91. The van der Waals surface area contributed by atoms with Crippen molar-refractivity contribution in [2.45, 2.75) is 38.9 Å². The molecule has 0 unspecified atom stereocenters. The number of hydrogen-bond acceptors (Lipinski definition) is 2. The second-order valence-electron chi connectivity index (χ2n) is 4.39. The lowest BCUT2D eigenvalue weighted by Crippen LogP contribution is -2.17. The van der Waals surface area contributed by atoms with E-state index < -0.39 is 12.6 Å². The Morgan fingerprint density at radius 1 is 1.16 bits per heavy atom. The number of halogens is 3. The summed E-state index contributed by atoms with van der Waals surface area (Å²) >= 11 is 0. The van der Waals surface area contributed by atoms with Crippen LogP contribution >= 0.6 is 0 Å². The Morgan fingerprint density at radius 3 is 2.42 bits per heavy atom. The van der Waals surface area contributed by atoms with Crippen LogP contribution in [-0.2, 0) is 6.54 Å². The summed E-state index contributed by atoms with van der Waals surface area (Å²) in [5, 5.41) is 3.00. The molecule has 5 heteroatoms. The highest BCUT2D eigenvalue weighted by Crippen LogP contribution is 2.20. The molecule has 0 saturated heterocycles. The first kappa shape index (κ1) is 15.8. The molecule has 1 rings (SSSR count). The summed E-state index contributed by atoms with van der Waals surface area (Å²) in [5.41, 5.74) is 1.04. The zero-order valence-corrected chi connectivity index (χ0v) is 11.1. The van der Waals surface area contributed by atoms with Crippen LogP contribution in [0.1, 0.15) is 31.7 Å². The van der Waals surface area contributed by atoms with Crippen LogP contribution in [0.4, 0.5) is 13.2 Å². The molecule has 1 aromatic carbocycles. The molecule has 0 aliphatic rings. The lowest BCUT2D eigenvalue weighted by atomic mass is 10.2. The number of ether oxygens (including phenoxy) is 1. The van der Waals surface area contributed by atoms with E-state index in [9.17, 15) is 13.2 Å². The number of rotatable bonds is 8. The third-order valence-electron chi connectivity index (χ3n) is 2.54. The summed E-state index contributed by atoms with van der Waals surface area (Å²) in [5.74, 6) is 0.822. The van der Waals surface area contributed by atoms with Gasteiger partial charge in [0.15, 0.2) is 0 Å². The molecular formula is C14H20F3NO. The van der Waals surface area contributed by atoms with Gasteiger partial charge in [0.05, 0.1) is 6.61 Å². The number of hydrogen-bond donors (Lipinski definition) is 1. The van der Waals surface area contributed by atoms with Crippen molar-refractivity contribution in [1.29, 1.82) is 0 Å². The first-order valence-corrected chi connectivity index (χ1v) is 6.50. The number of nitrogens with one attached hydrogen (secondary N) is 1. The fourth-order valence-electron chi connectivity index (χ4n) is 1.57. The monoisotopic (exact) mass is 275 g/mol. The largest absolute Gasteiger partial charge is 0.494 e. The average molecular weight is 275 g/mol. The van der Waals surface area contributed by atoms with E-state index in [1.807, 2.05) is 31.2 Å². The summed E-state index contributed by atoms with van der Waals surface area (Å²) in [4.78, 5) is 0. The van der Waals surface area contributed by atoms with Crippen LogP contribution in [0.15, 0.2) is 24.3 Å². The molecular weight excluding hydrogens is 255 g/mol. The van der Waals surface area contributed by atoms with Crippen molar-refractivity contribution in [3.8, 4) is 5.75 Å². The van der Waals surface area contributed by atoms with Crippen molar-refractivity contribution in [2.24, 2.45) is 0 Å². The molecule has 0 aliphatic carbocycles. The second kappa shape index (κ2) is 8.04. The Kier molecular flexibility index (Phi) is 6.70. The fourth-order valence-corrected chi connectivity index (χ4v) is 1.57. The standard InChI is InChI=1S/C14H20F3NO/c1-2-10-19-13-6-4-12(5-7-13)11-18-9-3-8-14(15,16)17/h4-7,18H,2-3,8-11H2,1H3. The van der Waals surface area contributed by atoms with Crippen LogP contribution in [0.5, 0.6) is 5.75 Å². The van der Waals surface area contributed by atoms with Crippen molar-refractivity contribution >= 4 is 0 Å². The highest BCUT2D eigenvalue weighted by molar-refractivity contribution is 5.27. The molecule has 0 aliphatic heterocycles. The van der Waals surface area contributed by atoms with E-state index in [2.05, 4.69) is 5.32 Å². The average Bonchev–Trinajstić information content (AvgIpc) is 2.36. The minimum absolute atomic E-state index is 0.112. The molecule has 0 aromatic heterocycles. The maximum Gasteiger partial charge on any atom is 0.389 e. The molecule has 0 spiro atoms. The molecule has 19 heavy (non-hydrogen) atoms. The first-order chi connectivity index (χ1) is 9.01. The summed E-state index contributed by atoms with van der Waals surface area (Å²) in [6, 6.07) is 7.59. The minimum atomic E-state index is -4.06. The Labute approximate surface area is 112 Å². The van der Waals surface area contributed by atoms with Gasteiger partial charge in [0, 0.05) is 13.0 Å². The SMILES string of the molecule is CCCOc1ccc(CNCCCC(F)(F)F)cc1. The van der Waals surface area contributed by atoms with Crippen molar-refractivity contribution in [1.82, 2.24) is 5.32 Å². The molecule has 108 valence electrons. The third-order valence-corrected chi connectivity index (χ3v) is 2.54. The van der Waals surface area contributed by atoms with E-state index in [4.69, 9.17) is 4.74 Å². The normalized spacial score (nSPS) is 11.6. The maximum absolute atomic E-state index is 11.9. The van der Waals surface area contributed by atoms with Gasteiger partial charge in [-0.15, -0.1) is 0 Å². The van der Waals surface area contributed by atoms with Crippen LogP contribution in [0, 0.1) is 0 Å². The molecule has 1 N–H and O–H groups in total. The van der Waals surface area contributed by atoms with Gasteiger partial charge >= 0.3 is 6.18 Å². The topological polar surface area (TPSA) is 21.3 Å². The molecule has 0 amide bonds. The first-order valence-electron chi connectivity index (χ1n) is 6.50. The minimum Gasteiger partial charge on any atom is -0.494 e. The lowest BCUT2D eigenvalue weighted by molar-refractivity contribution is -0.135. The van der Waals surface area contributed by atoms with Gasteiger partial charge in [-0.05, 0) is 37.1 Å². The van der Waals surface area contributed by atoms with Crippen molar-refractivity contribution < 1.29 is 17.9 Å². The van der Waals surface area contributed by atoms with Gasteiger partial charge < -0.3 is 10.1 Å². The van der Waals surface area contributed by atoms with Gasteiger partial charge in [0.25, 0.3) is 0 Å². The number of alkyl halides is 3. The van der Waals surface area contributed by atoms with Gasteiger partial charge in [-0.2, -0.15) is 13.2 Å². The molecule has 0 radical (unpaired) electrons. The smallest absolute Gasteiger partial charge is 0.389 e. The Hall–Kier alpha value is -1.23. The van der Waals surface area contributed by atoms with E-state index in [1.165, 1.54) is 0 Å². The van der Waals surface area contributed by atoms with Gasteiger partial charge in [0.1, 0.15) is 5.75 Å². The maximum atomic E-state index is 11.9. The lowest BCUT2D eigenvalue weighted by Gasteiger charge is -2.08. The Bertz CT molecular complexity index is 349. The highest BCUT2D eigenvalue weighted by Gasteiger charge is 2.25. The van der Waals surface area contributed by atoms with Gasteiger partial charge in [-0.25, -0.2) is 0 Å². The summed E-state index contributed by atoms with van der Waals surface area (Å²) in [6.07, 6.45) is -3.71. The zero-order valence-electron chi connectivity index (χ0n) is 11.1. The Balaban J connectivity index is 2.19.